The molecule has 1 aliphatic heterocycles. The fourth-order valence-electron chi connectivity index (χ4n) is 8.82. The Kier molecular flexibility index (Phi) is 12.9. The van der Waals surface area contributed by atoms with Crippen molar-refractivity contribution in [1.29, 1.82) is 0 Å². The van der Waals surface area contributed by atoms with Crippen LogP contribution in [-0.2, 0) is 25.4 Å². The molecule has 8 aromatic rings. The Labute approximate surface area is 396 Å². The maximum atomic E-state index is 13.0. The molecule has 2 aromatic heterocycles. The van der Waals surface area contributed by atoms with Gasteiger partial charge in [0.05, 0.1) is 41.4 Å². The highest BCUT2D eigenvalue weighted by atomic mass is 127. The molecule has 13 nitrogen and oxygen atoms in total. The van der Waals surface area contributed by atoms with E-state index in [-0.39, 0.29) is 12.4 Å². The number of imidazole rings is 1. The first-order valence-electron chi connectivity index (χ1n) is 21.2. The van der Waals surface area contributed by atoms with Crippen molar-refractivity contribution in [3.8, 4) is 23.0 Å². The van der Waals surface area contributed by atoms with E-state index in [4.69, 9.17) is 43.9 Å². The molecule has 3 N–H and O–H groups in total. The van der Waals surface area contributed by atoms with Gasteiger partial charge in [-0.05, 0) is 81.9 Å². The topological polar surface area (TPSA) is 154 Å². The van der Waals surface area contributed by atoms with Gasteiger partial charge in [0.1, 0.15) is 58.0 Å². The molecule has 0 spiro atoms. The number of aromatic nitrogens is 4. The number of nitrogen functional groups attached to an aromatic ring is 1. The fraction of sp³-hybridized carbons (Fsp3) is 0.212. The number of nitrogens with zero attached hydrogens (tertiary/aromatic N) is 4. The van der Waals surface area contributed by atoms with Crippen molar-refractivity contribution in [2.45, 2.75) is 35.7 Å². The minimum absolute atomic E-state index is 0.102. The van der Waals surface area contributed by atoms with Gasteiger partial charge in [0, 0.05) is 22.6 Å². The lowest BCUT2D eigenvalue weighted by Gasteiger charge is -2.40. The van der Waals surface area contributed by atoms with Crippen LogP contribution in [0.3, 0.4) is 0 Å². The van der Waals surface area contributed by atoms with Crippen LogP contribution >= 0.6 is 22.6 Å². The summed E-state index contributed by atoms with van der Waals surface area (Å²) in [5.74, 6) is 2.93. The molecule has 0 aliphatic carbocycles. The SMILES string of the molecule is COc1ccc(C(OC[C@H]2O[C@@H](n3cnc4c(N)nc(I)nc43)[C@H](OC(c3ccccc3)(c3ccc(OC)cc3)c3ccc(OC)cc3)[C@@H]2O)(c2ccccc2)c2ccc(OC)cc2)cc1. The van der Waals surface area contributed by atoms with Crippen LogP contribution in [0.5, 0.6) is 23.0 Å². The number of aliphatic hydroxyl groups is 1. The van der Waals surface area contributed by atoms with Crippen LogP contribution in [0.2, 0.25) is 0 Å². The van der Waals surface area contributed by atoms with E-state index in [2.05, 4.69) is 9.97 Å². The molecular weight excluding hydrogens is 950 g/mol. The first-order chi connectivity index (χ1) is 32.2. The third-order valence-electron chi connectivity index (χ3n) is 12.1. The van der Waals surface area contributed by atoms with E-state index in [1.54, 1.807) is 39.3 Å². The highest BCUT2D eigenvalue weighted by Crippen LogP contribution is 2.48. The van der Waals surface area contributed by atoms with E-state index < -0.39 is 35.7 Å². The van der Waals surface area contributed by atoms with Crippen molar-refractivity contribution in [2.75, 3.05) is 40.8 Å². The van der Waals surface area contributed by atoms with Crippen LogP contribution in [0.4, 0.5) is 5.82 Å². The Morgan fingerprint density at radius 2 is 1.00 bits per heavy atom. The summed E-state index contributed by atoms with van der Waals surface area (Å²) in [5.41, 5.74) is 9.48. The number of hydrogen-bond donors (Lipinski definition) is 2. The summed E-state index contributed by atoms with van der Waals surface area (Å²) in [6.07, 6.45) is -2.80. The first-order valence-corrected chi connectivity index (χ1v) is 22.3. The van der Waals surface area contributed by atoms with Crippen LogP contribution in [0.15, 0.2) is 164 Å². The largest absolute Gasteiger partial charge is 0.497 e. The lowest BCUT2D eigenvalue weighted by atomic mass is 9.79. The normalized spacial score (nSPS) is 17.4. The Hall–Kier alpha value is -6.56. The minimum atomic E-state index is -1.35. The molecule has 1 saturated heterocycles. The summed E-state index contributed by atoms with van der Waals surface area (Å²) in [5, 5.41) is 13.0. The van der Waals surface area contributed by atoms with Gasteiger partial charge in [0.15, 0.2) is 21.5 Å². The predicted molar refractivity (Wildman–Crippen MR) is 258 cm³/mol. The van der Waals surface area contributed by atoms with E-state index in [0.29, 0.717) is 38.0 Å². The number of halogens is 1. The molecule has 0 radical (unpaired) electrons. The number of anilines is 1. The smallest absolute Gasteiger partial charge is 0.194 e. The lowest BCUT2D eigenvalue weighted by Crippen LogP contribution is -2.45. The standard InChI is InChI=1S/C52H48IN5O8/c1-60-39-23-15-35(16-24-39)51(33-11-7-5-8-12-33,36-17-25-40(61-2)26-18-36)64-31-43-45(59)46(49(65-43)58-32-55-44-47(54)56-50(53)57-48(44)58)66-52(34-13-9-6-10-14-34,37-19-27-41(62-3)28-20-37)38-21-29-42(63-4)30-22-38/h5-30,32,43,45-46,49,59H,31H2,1-4H3,(H2,54,56,57)/t43-,45-,46-,49-/m1/s1. The summed E-state index contributed by atoms with van der Waals surface area (Å²) in [6.45, 7) is -0.102. The van der Waals surface area contributed by atoms with Gasteiger partial charge in [-0.25, -0.2) is 15.0 Å². The van der Waals surface area contributed by atoms with Crippen molar-refractivity contribution >= 4 is 39.6 Å². The van der Waals surface area contributed by atoms with Gasteiger partial charge >= 0.3 is 0 Å². The molecule has 4 atom stereocenters. The zero-order valence-electron chi connectivity index (χ0n) is 36.7. The Balaban J connectivity index is 1.21. The molecule has 0 unspecified atom stereocenters. The van der Waals surface area contributed by atoms with Crippen molar-refractivity contribution in [3.05, 3.63) is 201 Å². The monoisotopic (exact) mass is 997 g/mol. The molecule has 66 heavy (non-hydrogen) atoms. The maximum absolute atomic E-state index is 13.0. The number of benzene rings is 6. The number of nitrogens with two attached hydrogens (primary N) is 1. The van der Waals surface area contributed by atoms with E-state index in [1.165, 1.54) is 0 Å². The van der Waals surface area contributed by atoms with Crippen molar-refractivity contribution in [1.82, 2.24) is 19.5 Å². The highest BCUT2D eigenvalue weighted by Gasteiger charge is 2.53. The molecule has 0 amide bonds. The maximum Gasteiger partial charge on any atom is 0.194 e. The number of fused-ring (bicyclic) bond motifs is 1. The zero-order valence-corrected chi connectivity index (χ0v) is 38.8. The molecule has 1 fully saturated rings. The summed E-state index contributed by atoms with van der Waals surface area (Å²) in [7, 11) is 6.52. The van der Waals surface area contributed by atoms with Crippen LogP contribution < -0.4 is 24.7 Å². The zero-order chi connectivity index (χ0) is 45.8. The van der Waals surface area contributed by atoms with Gasteiger partial charge in [-0.2, -0.15) is 0 Å². The second kappa shape index (κ2) is 19.1. The van der Waals surface area contributed by atoms with E-state index in [1.807, 2.05) is 180 Å². The second-order valence-corrected chi connectivity index (χ2v) is 16.6. The third kappa shape index (κ3) is 8.19. The predicted octanol–water partition coefficient (Wildman–Crippen LogP) is 8.69. The quantitative estimate of drug-likeness (QED) is 0.0541. The highest BCUT2D eigenvalue weighted by molar-refractivity contribution is 14.1. The van der Waals surface area contributed by atoms with Gasteiger partial charge in [-0.15, -0.1) is 0 Å². The molecule has 9 rings (SSSR count). The summed E-state index contributed by atoms with van der Waals surface area (Å²) >= 11 is 2.03. The number of rotatable bonds is 16. The Bertz CT molecular complexity index is 2770. The van der Waals surface area contributed by atoms with Gasteiger partial charge in [0.25, 0.3) is 0 Å². The van der Waals surface area contributed by atoms with Crippen molar-refractivity contribution in [3.63, 3.8) is 0 Å². The Morgan fingerprint density at radius 1 is 0.591 bits per heavy atom. The summed E-state index contributed by atoms with van der Waals surface area (Å²) < 4.78 is 46.6. The number of methoxy groups -OCH3 is 4. The van der Waals surface area contributed by atoms with Crippen molar-refractivity contribution < 1.29 is 38.3 Å². The molecule has 3 heterocycles. The van der Waals surface area contributed by atoms with Gasteiger partial charge < -0.3 is 44.0 Å². The summed E-state index contributed by atoms with van der Waals surface area (Å²) in [6, 6.07) is 50.8. The second-order valence-electron chi connectivity index (χ2n) is 15.7. The molecular formula is C52H48IN5O8. The molecule has 0 saturated carbocycles. The fourth-order valence-corrected chi connectivity index (χ4v) is 9.31. The average molecular weight is 998 g/mol. The van der Waals surface area contributed by atoms with Gasteiger partial charge in [0.2, 0.25) is 0 Å². The summed E-state index contributed by atoms with van der Waals surface area (Å²) in [4.78, 5) is 13.8. The minimum Gasteiger partial charge on any atom is -0.497 e. The lowest BCUT2D eigenvalue weighted by molar-refractivity contribution is -0.123. The molecule has 0 bridgehead atoms. The molecule has 1 aliphatic rings. The molecule has 6 aromatic carbocycles. The molecule has 14 heteroatoms. The molecule has 336 valence electrons. The first kappa shape index (κ1) is 44.6. The van der Waals surface area contributed by atoms with Crippen LogP contribution in [0.1, 0.15) is 39.6 Å². The van der Waals surface area contributed by atoms with Gasteiger partial charge in [-0.1, -0.05) is 109 Å². The van der Waals surface area contributed by atoms with E-state index in [9.17, 15) is 5.11 Å². The van der Waals surface area contributed by atoms with Crippen molar-refractivity contribution in [2.24, 2.45) is 0 Å². The average Bonchev–Trinajstić information content (AvgIpc) is 3.93. The van der Waals surface area contributed by atoms with E-state index >= 15 is 0 Å². The number of ether oxygens (including phenoxy) is 7. The van der Waals surface area contributed by atoms with Crippen LogP contribution in [-0.4, -0.2) is 78.0 Å². The van der Waals surface area contributed by atoms with Gasteiger partial charge in [-0.3, -0.25) is 4.57 Å². The third-order valence-corrected chi connectivity index (χ3v) is 12.6. The number of aliphatic hydroxyl groups excluding tert-OH is 1. The van der Waals surface area contributed by atoms with Crippen LogP contribution in [0.25, 0.3) is 11.2 Å². The van der Waals surface area contributed by atoms with Crippen LogP contribution in [0, 0.1) is 3.83 Å². The number of hydrogen-bond acceptors (Lipinski definition) is 12. The Morgan fingerprint density at radius 3 is 1.44 bits per heavy atom. The van der Waals surface area contributed by atoms with E-state index in [0.717, 1.165) is 33.4 Å².